The van der Waals surface area contributed by atoms with Crippen LogP contribution in [0, 0.1) is 5.82 Å². The lowest BCUT2D eigenvalue weighted by molar-refractivity contribution is 0.628. The predicted octanol–water partition coefficient (Wildman–Crippen LogP) is 3.67. The van der Waals surface area contributed by atoms with Crippen molar-refractivity contribution >= 4 is 34.6 Å². The highest BCUT2D eigenvalue weighted by atomic mass is 35.5. The first kappa shape index (κ1) is 11.1. The van der Waals surface area contributed by atoms with Crippen LogP contribution in [0.5, 0.6) is 0 Å². The van der Waals surface area contributed by atoms with E-state index >= 15 is 0 Å². The Balaban J connectivity index is 2.26. The summed E-state index contributed by atoms with van der Waals surface area (Å²) >= 11 is 11.5. The van der Waals surface area contributed by atoms with Gasteiger partial charge in [-0.2, -0.15) is 0 Å². The molecule has 16 heavy (non-hydrogen) atoms. The fourth-order valence-electron chi connectivity index (χ4n) is 1.13. The fraction of sp³-hybridized carbons (Fsp3) is 0. The van der Waals surface area contributed by atoms with Gasteiger partial charge in [-0.3, -0.25) is 0 Å². The van der Waals surface area contributed by atoms with E-state index < -0.39 is 0 Å². The molecule has 0 aliphatic heterocycles. The van der Waals surface area contributed by atoms with Crippen molar-refractivity contribution in [1.29, 1.82) is 0 Å². The van der Waals surface area contributed by atoms with Crippen molar-refractivity contribution in [2.24, 2.45) is 0 Å². The number of benzene rings is 1. The number of anilines is 2. The molecule has 0 bridgehead atoms. The van der Waals surface area contributed by atoms with Crippen molar-refractivity contribution in [2.75, 3.05) is 5.32 Å². The molecule has 0 fully saturated rings. The predicted molar refractivity (Wildman–Crippen MR) is 61.7 cm³/mol. The molecule has 2 rings (SSSR count). The number of nitrogens with zero attached hydrogens (tertiary/aromatic N) is 2. The minimum atomic E-state index is -0.303. The van der Waals surface area contributed by atoms with Gasteiger partial charge in [0.1, 0.15) is 5.82 Å². The van der Waals surface area contributed by atoms with Crippen LogP contribution >= 0.6 is 23.2 Å². The lowest BCUT2D eigenvalue weighted by Gasteiger charge is -2.07. The van der Waals surface area contributed by atoms with Gasteiger partial charge < -0.3 is 5.32 Å². The van der Waals surface area contributed by atoms with Gasteiger partial charge in [0.05, 0.1) is 5.69 Å². The van der Waals surface area contributed by atoms with Crippen LogP contribution in [0.15, 0.2) is 30.3 Å². The average molecular weight is 258 g/mol. The number of nitrogens with one attached hydrogen (secondary N) is 1. The van der Waals surface area contributed by atoms with Crippen molar-refractivity contribution in [3.8, 4) is 0 Å². The molecule has 2 aromatic rings. The van der Waals surface area contributed by atoms with E-state index in [1.54, 1.807) is 18.2 Å². The van der Waals surface area contributed by atoms with Gasteiger partial charge in [-0.25, -0.2) is 4.39 Å². The zero-order chi connectivity index (χ0) is 11.5. The second kappa shape index (κ2) is 4.63. The van der Waals surface area contributed by atoms with Gasteiger partial charge in [0.2, 0.25) is 0 Å². The normalized spacial score (nSPS) is 10.2. The summed E-state index contributed by atoms with van der Waals surface area (Å²) in [7, 11) is 0. The number of halogens is 3. The van der Waals surface area contributed by atoms with E-state index in [1.165, 1.54) is 12.1 Å². The topological polar surface area (TPSA) is 37.8 Å². The average Bonchev–Trinajstić information content (AvgIpc) is 2.27. The highest BCUT2D eigenvalue weighted by Crippen LogP contribution is 2.24. The van der Waals surface area contributed by atoms with Crippen molar-refractivity contribution in [3.63, 3.8) is 0 Å². The third-order valence-electron chi connectivity index (χ3n) is 1.84. The van der Waals surface area contributed by atoms with Crippen LogP contribution in [0.1, 0.15) is 0 Å². The van der Waals surface area contributed by atoms with Crippen LogP contribution in [-0.2, 0) is 0 Å². The molecule has 1 aromatic heterocycles. The van der Waals surface area contributed by atoms with Crippen LogP contribution in [0.2, 0.25) is 10.3 Å². The maximum atomic E-state index is 12.7. The van der Waals surface area contributed by atoms with Gasteiger partial charge in [0, 0.05) is 11.8 Å². The SMILES string of the molecule is Fc1ccc(Nc2cc(Cl)nnc2Cl)cc1. The highest BCUT2D eigenvalue weighted by Gasteiger charge is 2.04. The summed E-state index contributed by atoms with van der Waals surface area (Å²) in [5.74, 6) is -0.303. The van der Waals surface area contributed by atoms with Crippen LogP contribution in [0.3, 0.4) is 0 Å². The zero-order valence-electron chi connectivity index (χ0n) is 7.92. The van der Waals surface area contributed by atoms with Gasteiger partial charge in [0.15, 0.2) is 10.3 Å². The second-order valence-corrected chi connectivity index (χ2v) is 3.75. The number of hydrogen-bond acceptors (Lipinski definition) is 3. The van der Waals surface area contributed by atoms with Crippen LogP contribution in [0.4, 0.5) is 15.8 Å². The van der Waals surface area contributed by atoms with Crippen LogP contribution < -0.4 is 5.32 Å². The zero-order valence-corrected chi connectivity index (χ0v) is 9.43. The molecule has 1 heterocycles. The number of rotatable bonds is 2. The summed E-state index contributed by atoms with van der Waals surface area (Å²) in [4.78, 5) is 0. The Morgan fingerprint density at radius 2 is 1.75 bits per heavy atom. The third-order valence-corrected chi connectivity index (χ3v) is 2.31. The maximum absolute atomic E-state index is 12.7. The largest absolute Gasteiger partial charge is 0.353 e. The number of hydrogen-bond donors (Lipinski definition) is 1. The van der Waals surface area contributed by atoms with Gasteiger partial charge in [0.25, 0.3) is 0 Å². The fourth-order valence-corrected chi connectivity index (χ4v) is 1.42. The first-order valence-electron chi connectivity index (χ1n) is 4.36. The van der Waals surface area contributed by atoms with Crippen molar-refractivity contribution in [1.82, 2.24) is 10.2 Å². The van der Waals surface area contributed by atoms with Gasteiger partial charge in [-0.05, 0) is 24.3 Å². The second-order valence-electron chi connectivity index (χ2n) is 3.00. The number of aromatic nitrogens is 2. The lowest BCUT2D eigenvalue weighted by Crippen LogP contribution is -1.94. The molecule has 0 saturated heterocycles. The van der Waals surface area contributed by atoms with Crippen molar-refractivity contribution in [3.05, 3.63) is 46.5 Å². The van der Waals surface area contributed by atoms with Gasteiger partial charge in [-0.15, -0.1) is 10.2 Å². The molecule has 6 heteroatoms. The van der Waals surface area contributed by atoms with Gasteiger partial charge in [-0.1, -0.05) is 23.2 Å². The van der Waals surface area contributed by atoms with E-state index in [1.807, 2.05) is 0 Å². The highest BCUT2D eigenvalue weighted by molar-refractivity contribution is 6.33. The standard InChI is InChI=1S/C10H6Cl2FN3/c11-9-5-8(10(12)16-15-9)14-7-3-1-6(13)2-4-7/h1-5H,(H,14,15). The lowest BCUT2D eigenvalue weighted by atomic mass is 10.3. The maximum Gasteiger partial charge on any atom is 0.175 e. The summed E-state index contributed by atoms with van der Waals surface area (Å²) < 4.78 is 12.7. The molecule has 0 atom stereocenters. The quantitative estimate of drug-likeness (QED) is 0.893. The molecule has 1 aromatic carbocycles. The molecule has 82 valence electrons. The Labute approximate surface area is 101 Å². The summed E-state index contributed by atoms with van der Waals surface area (Å²) in [5.41, 5.74) is 1.21. The smallest absolute Gasteiger partial charge is 0.175 e. The Morgan fingerprint density at radius 3 is 2.44 bits per heavy atom. The first-order chi connectivity index (χ1) is 7.65. The molecular weight excluding hydrogens is 252 g/mol. The van der Waals surface area contributed by atoms with Gasteiger partial charge >= 0.3 is 0 Å². The van der Waals surface area contributed by atoms with E-state index in [2.05, 4.69) is 15.5 Å². The molecule has 0 unspecified atom stereocenters. The molecule has 0 saturated carbocycles. The molecule has 0 aliphatic rings. The minimum Gasteiger partial charge on any atom is -0.353 e. The Morgan fingerprint density at radius 1 is 1.06 bits per heavy atom. The molecule has 0 amide bonds. The van der Waals surface area contributed by atoms with E-state index in [0.717, 1.165) is 0 Å². The molecule has 3 nitrogen and oxygen atoms in total. The summed E-state index contributed by atoms with van der Waals surface area (Å²) in [6.07, 6.45) is 0. The monoisotopic (exact) mass is 257 g/mol. The van der Waals surface area contributed by atoms with Crippen molar-refractivity contribution in [2.45, 2.75) is 0 Å². The van der Waals surface area contributed by atoms with Crippen LogP contribution in [-0.4, -0.2) is 10.2 Å². The molecule has 0 spiro atoms. The first-order valence-corrected chi connectivity index (χ1v) is 5.12. The molecule has 0 aliphatic carbocycles. The van der Waals surface area contributed by atoms with E-state index in [0.29, 0.717) is 11.4 Å². The summed E-state index contributed by atoms with van der Waals surface area (Å²) in [6, 6.07) is 7.39. The van der Waals surface area contributed by atoms with E-state index in [-0.39, 0.29) is 16.1 Å². The molecular formula is C10H6Cl2FN3. The Hall–Kier alpha value is -1.39. The van der Waals surface area contributed by atoms with Crippen molar-refractivity contribution < 1.29 is 4.39 Å². The molecule has 1 N–H and O–H groups in total. The Kier molecular flexibility index (Phi) is 3.22. The summed E-state index contributed by atoms with van der Waals surface area (Å²) in [6.45, 7) is 0. The molecule has 0 radical (unpaired) electrons. The minimum absolute atomic E-state index is 0.203. The van der Waals surface area contributed by atoms with E-state index in [4.69, 9.17) is 23.2 Å². The Bertz CT molecular complexity index is 502. The van der Waals surface area contributed by atoms with Crippen LogP contribution in [0.25, 0.3) is 0 Å². The summed E-state index contributed by atoms with van der Waals surface area (Å²) in [5, 5.41) is 10.6. The third kappa shape index (κ3) is 2.59. The van der Waals surface area contributed by atoms with E-state index in [9.17, 15) is 4.39 Å².